The lowest BCUT2D eigenvalue weighted by Crippen LogP contribution is -2.47. The summed E-state index contributed by atoms with van der Waals surface area (Å²) in [6, 6.07) is 0. The minimum Gasteiger partial charge on any atom is -0.462 e. The van der Waals surface area contributed by atoms with Gasteiger partial charge in [0.15, 0.2) is 0 Å². The maximum atomic E-state index is 12.9. The van der Waals surface area contributed by atoms with E-state index in [1.54, 1.807) is 13.8 Å². The third kappa shape index (κ3) is 4.99. The Labute approximate surface area is 164 Å². The summed E-state index contributed by atoms with van der Waals surface area (Å²) in [6.45, 7) is 13.4. The number of aromatic nitrogens is 2. The molecular weight excluding hydrogens is 362 g/mol. The van der Waals surface area contributed by atoms with Gasteiger partial charge in [0.25, 0.3) is 5.56 Å². The van der Waals surface area contributed by atoms with Gasteiger partial charge in [-0.1, -0.05) is 20.8 Å². The smallest absolute Gasteiger partial charge is 0.342 e. The second-order valence-electron chi connectivity index (χ2n) is 8.78. The molecule has 2 aromatic heterocycles. The van der Waals surface area contributed by atoms with Crippen LogP contribution >= 0.6 is 0 Å². The zero-order valence-corrected chi connectivity index (χ0v) is 17.6. The molecule has 2 rings (SSSR count). The number of nitrogens with one attached hydrogen (secondary N) is 1. The molecule has 28 heavy (non-hydrogen) atoms. The Bertz CT molecular complexity index is 947. The summed E-state index contributed by atoms with van der Waals surface area (Å²) in [5.41, 5.74) is -0.809. The Hall–Kier alpha value is -2.64. The molecule has 0 aliphatic carbocycles. The molecule has 0 aromatic carbocycles. The maximum absolute atomic E-state index is 12.9. The number of fused-ring (bicyclic) bond motifs is 1. The van der Waals surface area contributed by atoms with Crippen molar-refractivity contribution in [3.63, 3.8) is 0 Å². The minimum absolute atomic E-state index is 0.0280. The molecule has 0 saturated carbocycles. The number of nitrogens with zero attached hydrogens (tertiary/aromatic N) is 2. The molecule has 0 fully saturated rings. The summed E-state index contributed by atoms with van der Waals surface area (Å²) in [5.74, 6) is -0.701. The lowest BCUT2D eigenvalue weighted by Gasteiger charge is -2.33. The minimum atomic E-state index is -0.647. The van der Waals surface area contributed by atoms with Gasteiger partial charge in [0.1, 0.15) is 29.6 Å². The molecule has 0 saturated heterocycles. The van der Waals surface area contributed by atoms with Gasteiger partial charge in [-0.05, 0) is 39.5 Å². The van der Waals surface area contributed by atoms with Crippen LogP contribution in [0.3, 0.4) is 0 Å². The van der Waals surface area contributed by atoms with Gasteiger partial charge < -0.3 is 14.5 Å². The Kier molecular flexibility index (Phi) is 6.01. The highest BCUT2D eigenvalue weighted by molar-refractivity contribution is 6.03. The zero-order chi connectivity index (χ0) is 21.3. The highest BCUT2D eigenvalue weighted by Crippen LogP contribution is 2.26. The van der Waals surface area contributed by atoms with E-state index in [2.05, 4.69) is 31.1 Å². The molecule has 154 valence electrons. The Morgan fingerprint density at radius 3 is 2.46 bits per heavy atom. The van der Waals surface area contributed by atoms with Gasteiger partial charge in [0.05, 0.1) is 6.61 Å². The number of aryl methyl sites for hydroxylation is 1. The molecule has 0 aliphatic rings. The molecule has 0 spiro atoms. The average molecular weight is 391 g/mol. The van der Waals surface area contributed by atoms with E-state index in [0.717, 1.165) is 6.42 Å². The molecule has 1 amide bonds. The van der Waals surface area contributed by atoms with Crippen molar-refractivity contribution in [2.24, 2.45) is 5.41 Å². The van der Waals surface area contributed by atoms with Crippen molar-refractivity contribution >= 4 is 23.0 Å². The summed E-state index contributed by atoms with van der Waals surface area (Å²) in [5, 5.41) is 2.99. The van der Waals surface area contributed by atoms with Crippen molar-refractivity contribution in [1.29, 1.82) is 0 Å². The number of hydrogen-bond donors (Lipinski definition) is 1. The first kappa shape index (κ1) is 21.7. The Morgan fingerprint density at radius 2 is 1.89 bits per heavy atom. The van der Waals surface area contributed by atoms with Crippen LogP contribution in [0.1, 0.15) is 64.1 Å². The van der Waals surface area contributed by atoms with Crippen LogP contribution in [0.5, 0.6) is 0 Å². The van der Waals surface area contributed by atoms with E-state index < -0.39 is 17.1 Å². The van der Waals surface area contributed by atoms with Gasteiger partial charge in [-0.25, -0.2) is 9.78 Å². The van der Waals surface area contributed by atoms with Gasteiger partial charge in [0, 0.05) is 5.54 Å². The molecule has 2 heterocycles. The highest BCUT2D eigenvalue weighted by Gasteiger charge is 2.28. The van der Waals surface area contributed by atoms with Crippen molar-refractivity contribution in [2.75, 3.05) is 6.61 Å². The molecule has 8 heteroatoms. The molecule has 0 unspecified atom stereocenters. The van der Waals surface area contributed by atoms with E-state index in [1.165, 1.54) is 10.9 Å². The fourth-order valence-corrected chi connectivity index (χ4v) is 3.64. The van der Waals surface area contributed by atoms with Crippen molar-refractivity contribution in [1.82, 2.24) is 14.9 Å². The predicted molar refractivity (Wildman–Crippen MR) is 105 cm³/mol. The second kappa shape index (κ2) is 7.77. The van der Waals surface area contributed by atoms with E-state index >= 15 is 0 Å². The number of ether oxygens (including phenoxy) is 1. The summed E-state index contributed by atoms with van der Waals surface area (Å²) >= 11 is 0. The van der Waals surface area contributed by atoms with Crippen molar-refractivity contribution in [3.05, 3.63) is 28.0 Å². The average Bonchev–Trinajstić information content (AvgIpc) is 2.84. The number of esters is 1. The third-order valence-electron chi connectivity index (χ3n) is 4.10. The van der Waals surface area contributed by atoms with E-state index in [4.69, 9.17) is 9.15 Å². The first-order valence-electron chi connectivity index (χ1n) is 9.31. The second-order valence-corrected chi connectivity index (χ2v) is 8.78. The Balaban J connectivity index is 2.32. The van der Waals surface area contributed by atoms with E-state index in [9.17, 15) is 14.4 Å². The quantitative estimate of drug-likeness (QED) is 0.760. The van der Waals surface area contributed by atoms with Crippen molar-refractivity contribution in [2.45, 2.75) is 67.0 Å². The first-order chi connectivity index (χ1) is 12.8. The van der Waals surface area contributed by atoms with E-state index in [0.29, 0.717) is 0 Å². The summed E-state index contributed by atoms with van der Waals surface area (Å²) < 4.78 is 11.6. The van der Waals surface area contributed by atoms with Gasteiger partial charge in [-0.2, -0.15) is 0 Å². The van der Waals surface area contributed by atoms with E-state index in [-0.39, 0.29) is 46.9 Å². The fraction of sp³-hybridized carbons (Fsp3) is 0.600. The SMILES string of the molecule is CCOC(=O)c1c(C)oc2ncn(CC(=O)NC(C)(C)CC(C)(C)C)c(=O)c12. The van der Waals surface area contributed by atoms with Gasteiger partial charge in [0.2, 0.25) is 11.6 Å². The molecular formula is C20H29N3O5. The van der Waals surface area contributed by atoms with Crippen LogP contribution in [0.25, 0.3) is 11.1 Å². The van der Waals surface area contributed by atoms with Gasteiger partial charge in [-0.3, -0.25) is 14.2 Å². The topological polar surface area (TPSA) is 103 Å². The fourth-order valence-electron chi connectivity index (χ4n) is 3.64. The summed E-state index contributed by atoms with van der Waals surface area (Å²) in [6.07, 6.45) is 2.02. The molecule has 0 bridgehead atoms. The highest BCUT2D eigenvalue weighted by atomic mass is 16.5. The van der Waals surface area contributed by atoms with Crippen LogP contribution in [0.15, 0.2) is 15.5 Å². The number of amides is 1. The van der Waals surface area contributed by atoms with Crippen LogP contribution in [-0.4, -0.2) is 33.6 Å². The van der Waals surface area contributed by atoms with Gasteiger partial charge in [-0.15, -0.1) is 0 Å². The third-order valence-corrected chi connectivity index (χ3v) is 4.10. The monoisotopic (exact) mass is 391 g/mol. The summed E-state index contributed by atoms with van der Waals surface area (Å²) in [7, 11) is 0. The number of carbonyl (C=O) groups excluding carboxylic acids is 2. The largest absolute Gasteiger partial charge is 0.462 e. The molecule has 8 nitrogen and oxygen atoms in total. The predicted octanol–water partition coefficient (Wildman–Crippen LogP) is 2.81. The van der Waals surface area contributed by atoms with Gasteiger partial charge >= 0.3 is 5.97 Å². The Morgan fingerprint density at radius 1 is 1.25 bits per heavy atom. The molecule has 1 N–H and O–H groups in total. The van der Waals surface area contributed by atoms with Crippen molar-refractivity contribution < 1.29 is 18.7 Å². The number of furan rings is 1. The van der Waals surface area contributed by atoms with E-state index in [1.807, 2.05) is 13.8 Å². The molecule has 0 radical (unpaired) electrons. The molecule has 0 atom stereocenters. The maximum Gasteiger partial charge on any atom is 0.342 e. The van der Waals surface area contributed by atoms with Crippen LogP contribution in [0.4, 0.5) is 0 Å². The molecule has 0 aliphatic heterocycles. The number of rotatable bonds is 6. The van der Waals surface area contributed by atoms with Crippen LogP contribution < -0.4 is 10.9 Å². The molecule has 2 aromatic rings. The standard InChI is InChI=1S/C20H29N3O5/c1-8-27-18(26)14-12(2)28-16-15(14)17(25)23(11-21-16)9-13(24)22-20(6,7)10-19(3,4)5/h11H,8-10H2,1-7H3,(H,22,24). The summed E-state index contributed by atoms with van der Waals surface area (Å²) in [4.78, 5) is 41.7. The number of hydrogen-bond acceptors (Lipinski definition) is 6. The first-order valence-corrected chi connectivity index (χ1v) is 9.31. The lowest BCUT2D eigenvalue weighted by molar-refractivity contribution is -0.123. The van der Waals surface area contributed by atoms with Crippen molar-refractivity contribution in [3.8, 4) is 0 Å². The normalized spacial score (nSPS) is 12.2. The zero-order valence-electron chi connectivity index (χ0n) is 17.6. The van der Waals surface area contributed by atoms with Crippen LogP contribution in [-0.2, 0) is 16.1 Å². The number of carbonyl (C=O) groups is 2. The lowest BCUT2D eigenvalue weighted by atomic mass is 9.82. The van der Waals surface area contributed by atoms with Crippen LogP contribution in [0.2, 0.25) is 0 Å². The van der Waals surface area contributed by atoms with Crippen LogP contribution in [0, 0.1) is 12.3 Å².